The number of hydrogen-bond acceptors (Lipinski definition) is 6. The van der Waals surface area contributed by atoms with Crippen LogP contribution in [0.3, 0.4) is 0 Å². The SMILES string of the molecule is COc1ccccc1C=CC=NNC(=O)c1cc(-c2ccc(OC)c(OC)c2)n[nH]1. The third-order valence-corrected chi connectivity index (χ3v) is 4.24. The second kappa shape index (κ2) is 9.92. The maximum Gasteiger partial charge on any atom is 0.289 e. The number of hydrogen-bond donors (Lipinski definition) is 2. The average molecular weight is 406 g/mol. The Bertz CT molecular complexity index is 1070. The van der Waals surface area contributed by atoms with Crippen molar-refractivity contribution < 1.29 is 19.0 Å². The van der Waals surface area contributed by atoms with Crippen molar-refractivity contribution in [2.45, 2.75) is 0 Å². The number of methoxy groups -OCH3 is 3. The first-order chi connectivity index (χ1) is 14.7. The van der Waals surface area contributed by atoms with E-state index >= 15 is 0 Å². The van der Waals surface area contributed by atoms with Crippen LogP contribution in [0.2, 0.25) is 0 Å². The van der Waals surface area contributed by atoms with Gasteiger partial charge in [0.05, 0.1) is 27.0 Å². The Labute approximate surface area is 174 Å². The van der Waals surface area contributed by atoms with Crippen LogP contribution in [0, 0.1) is 0 Å². The zero-order chi connectivity index (χ0) is 21.3. The number of H-pyrrole nitrogens is 1. The predicted octanol–water partition coefficient (Wildman–Crippen LogP) is 3.53. The number of para-hydroxylation sites is 1. The quantitative estimate of drug-likeness (QED) is 0.441. The number of allylic oxidation sites excluding steroid dienone is 1. The van der Waals surface area contributed by atoms with E-state index in [4.69, 9.17) is 14.2 Å². The lowest BCUT2D eigenvalue weighted by atomic mass is 10.1. The molecular weight excluding hydrogens is 384 g/mol. The van der Waals surface area contributed by atoms with E-state index in [9.17, 15) is 4.79 Å². The van der Waals surface area contributed by atoms with Crippen LogP contribution >= 0.6 is 0 Å². The van der Waals surface area contributed by atoms with E-state index in [1.165, 1.54) is 6.21 Å². The minimum atomic E-state index is -0.406. The average Bonchev–Trinajstić information content (AvgIpc) is 3.29. The van der Waals surface area contributed by atoms with Gasteiger partial charge in [0.2, 0.25) is 0 Å². The summed E-state index contributed by atoms with van der Waals surface area (Å²) in [5.41, 5.74) is 5.02. The van der Waals surface area contributed by atoms with Crippen LogP contribution in [-0.2, 0) is 0 Å². The summed E-state index contributed by atoms with van der Waals surface area (Å²) in [4.78, 5) is 12.3. The molecule has 30 heavy (non-hydrogen) atoms. The molecule has 3 aromatic rings. The van der Waals surface area contributed by atoms with Gasteiger partial charge < -0.3 is 14.2 Å². The molecule has 0 aliphatic rings. The summed E-state index contributed by atoms with van der Waals surface area (Å²) in [5, 5.41) is 10.8. The topological polar surface area (TPSA) is 97.8 Å². The van der Waals surface area contributed by atoms with Gasteiger partial charge in [0.25, 0.3) is 5.91 Å². The molecule has 0 atom stereocenters. The summed E-state index contributed by atoms with van der Waals surface area (Å²) in [6.45, 7) is 0. The zero-order valence-electron chi connectivity index (χ0n) is 16.9. The van der Waals surface area contributed by atoms with Gasteiger partial charge in [-0.05, 0) is 42.5 Å². The molecule has 1 aromatic heterocycles. The van der Waals surface area contributed by atoms with Crippen molar-refractivity contribution in [2.24, 2.45) is 5.10 Å². The monoisotopic (exact) mass is 406 g/mol. The van der Waals surface area contributed by atoms with Gasteiger partial charge in [-0.25, -0.2) is 5.43 Å². The first-order valence-corrected chi connectivity index (χ1v) is 9.07. The first-order valence-electron chi connectivity index (χ1n) is 9.07. The van der Waals surface area contributed by atoms with Crippen LogP contribution in [-0.4, -0.2) is 43.6 Å². The van der Waals surface area contributed by atoms with E-state index in [1.807, 2.05) is 36.4 Å². The molecule has 2 N–H and O–H groups in total. The maximum atomic E-state index is 12.3. The summed E-state index contributed by atoms with van der Waals surface area (Å²) in [6.07, 6.45) is 5.02. The molecule has 0 saturated heterocycles. The van der Waals surface area contributed by atoms with Crippen molar-refractivity contribution in [3.63, 3.8) is 0 Å². The molecule has 1 heterocycles. The van der Waals surface area contributed by atoms with E-state index in [2.05, 4.69) is 20.7 Å². The number of rotatable bonds is 8. The lowest BCUT2D eigenvalue weighted by Crippen LogP contribution is -2.17. The zero-order valence-corrected chi connectivity index (χ0v) is 16.9. The molecule has 1 amide bonds. The number of aromatic nitrogens is 2. The number of ether oxygens (including phenoxy) is 3. The van der Waals surface area contributed by atoms with Crippen molar-refractivity contribution in [2.75, 3.05) is 21.3 Å². The summed E-state index contributed by atoms with van der Waals surface area (Å²) in [5.74, 6) is 1.54. The Morgan fingerprint density at radius 2 is 1.77 bits per heavy atom. The molecule has 0 bridgehead atoms. The smallest absolute Gasteiger partial charge is 0.289 e. The van der Waals surface area contributed by atoms with Gasteiger partial charge in [-0.15, -0.1) is 0 Å². The third-order valence-electron chi connectivity index (χ3n) is 4.24. The van der Waals surface area contributed by atoms with Crippen LogP contribution in [0.25, 0.3) is 17.3 Å². The molecule has 8 nitrogen and oxygen atoms in total. The van der Waals surface area contributed by atoms with Crippen molar-refractivity contribution in [1.82, 2.24) is 15.6 Å². The van der Waals surface area contributed by atoms with Gasteiger partial charge in [0.1, 0.15) is 11.4 Å². The summed E-state index contributed by atoms with van der Waals surface area (Å²) in [6, 6.07) is 14.6. The van der Waals surface area contributed by atoms with Crippen molar-refractivity contribution >= 4 is 18.2 Å². The standard InChI is InChI=1S/C22H22N4O4/c1-28-19-9-5-4-7-15(19)8-6-12-23-26-22(27)18-14-17(24-25-18)16-10-11-20(29-2)21(13-16)30-3/h4-14H,1-3H3,(H,24,25)(H,26,27). The molecule has 0 fully saturated rings. The molecular formula is C22H22N4O4. The second-order valence-electron chi connectivity index (χ2n) is 6.06. The highest BCUT2D eigenvalue weighted by Gasteiger charge is 2.12. The molecule has 0 aliphatic heterocycles. The number of nitrogens with one attached hydrogen (secondary N) is 2. The molecule has 0 spiro atoms. The van der Waals surface area contributed by atoms with Gasteiger partial charge >= 0.3 is 0 Å². The molecule has 3 rings (SSSR count). The number of carbonyl (C=O) groups is 1. The van der Waals surface area contributed by atoms with E-state index < -0.39 is 5.91 Å². The number of amides is 1. The van der Waals surface area contributed by atoms with E-state index in [0.29, 0.717) is 17.2 Å². The molecule has 0 aliphatic carbocycles. The fourth-order valence-corrected chi connectivity index (χ4v) is 2.73. The molecule has 0 unspecified atom stereocenters. The van der Waals surface area contributed by atoms with Gasteiger partial charge in [-0.2, -0.15) is 10.2 Å². The molecule has 2 aromatic carbocycles. The lowest BCUT2D eigenvalue weighted by Gasteiger charge is -2.08. The largest absolute Gasteiger partial charge is 0.496 e. The van der Waals surface area contributed by atoms with Gasteiger partial charge in [0.15, 0.2) is 11.5 Å². The van der Waals surface area contributed by atoms with Gasteiger partial charge in [-0.1, -0.05) is 18.2 Å². The summed E-state index contributed by atoms with van der Waals surface area (Å²) < 4.78 is 15.8. The Balaban J connectivity index is 1.63. The minimum absolute atomic E-state index is 0.283. The highest BCUT2D eigenvalue weighted by atomic mass is 16.5. The Hall–Kier alpha value is -4.07. The van der Waals surface area contributed by atoms with Gasteiger partial charge in [0, 0.05) is 17.3 Å². The third kappa shape index (κ3) is 4.85. The number of aromatic amines is 1. The predicted molar refractivity (Wildman–Crippen MR) is 115 cm³/mol. The van der Waals surface area contributed by atoms with Crippen LogP contribution in [0.1, 0.15) is 16.1 Å². The number of carbonyl (C=O) groups excluding carboxylic acids is 1. The number of benzene rings is 2. The van der Waals surface area contributed by atoms with Crippen LogP contribution in [0.4, 0.5) is 0 Å². The highest BCUT2D eigenvalue weighted by molar-refractivity contribution is 5.94. The van der Waals surface area contributed by atoms with E-state index in [0.717, 1.165) is 16.9 Å². The first kappa shape index (κ1) is 20.7. The lowest BCUT2D eigenvalue weighted by molar-refractivity contribution is 0.0950. The van der Waals surface area contributed by atoms with E-state index in [-0.39, 0.29) is 5.69 Å². The number of hydrazone groups is 1. The van der Waals surface area contributed by atoms with Gasteiger partial charge in [-0.3, -0.25) is 9.89 Å². The molecule has 0 radical (unpaired) electrons. The van der Waals surface area contributed by atoms with Crippen molar-refractivity contribution in [3.8, 4) is 28.5 Å². The Morgan fingerprint density at radius 1 is 1.00 bits per heavy atom. The molecule has 154 valence electrons. The summed E-state index contributed by atoms with van der Waals surface area (Å²) in [7, 11) is 4.74. The second-order valence-corrected chi connectivity index (χ2v) is 6.06. The maximum absolute atomic E-state index is 12.3. The Kier molecular flexibility index (Phi) is 6.83. The van der Waals surface area contributed by atoms with Crippen LogP contribution in [0.5, 0.6) is 17.2 Å². The minimum Gasteiger partial charge on any atom is -0.496 e. The fourth-order valence-electron chi connectivity index (χ4n) is 2.73. The van der Waals surface area contributed by atoms with Crippen molar-refractivity contribution in [3.05, 3.63) is 65.9 Å². The highest BCUT2D eigenvalue weighted by Crippen LogP contribution is 2.31. The normalized spacial score (nSPS) is 11.0. The Morgan fingerprint density at radius 3 is 2.53 bits per heavy atom. The molecule has 0 saturated carbocycles. The number of nitrogens with zero attached hydrogens (tertiary/aromatic N) is 2. The van der Waals surface area contributed by atoms with E-state index in [1.54, 1.807) is 45.6 Å². The molecule has 8 heteroatoms. The fraction of sp³-hybridized carbons (Fsp3) is 0.136. The summed E-state index contributed by atoms with van der Waals surface area (Å²) >= 11 is 0. The van der Waals surface area contributed by atoms with Crippen LogP contribution < -0.4 is 19.6 Å². The van der Waals surface area contributed by atoms with Crippen LogP contribution in [0.15, 0.2) is 59.7 Å². The van der Waals surface area contributed by atoms with Crippen molar-refractivity contribution in [1.29, 1.82) is 0 Å².